The first kappa shape index (κ1) is 13.2. The summed E-state index contributed by atoms with van der Waals surface area (Å²) in [6, 6.07) is 9.09. The zero-order chi connectivity index (χ0) is 13.9. The molecule has 1 saturated heterocycles. The van der Waals surface area contributed by atoms with Crippen LogP contribution in [0, 0.1) is 0 Å². The monoisotopic (exact) mass is 290 g/mol. The molecule has 1 aromatic heterocycles. The van der Waals surface area contributed by atoms with Gasteiger partial charge in [-0.15, -0.1) is 0 Å². The van der Waals surface area contributed by atoms with E-state index >= 15 is 0 Å². The molecule has 2 aromatic rings. The van der Waals surface area contributed by atoms with Gasteiger partial charge in [-0.2, -0.15) is 0 Å². The molecule has 4 nitrogen and oxygen atoms in total. The van der Waals surface area contributed by atoms with Crippen molar-refractivity contribution in [3.8, 4) is 5.75 Å². The Labute approximate surface area is 122 Å². The normalized spacial score (nSPS) is 19.1. The molecule has 20 heavy (non-hydrogen) atoms. The molecule has 0 aliphatic carbocycles. The number of benzene rings is 1. The number of rotatable bonds is 2. The molecule has 3 rings (SSSR count). The number of halogens is 1. The second kappa shape index (κ2) is 5.69. The van der Waals surface area contributed by atoms with Crippen LogP contribution in [-0.2, 0) is 4.74 Å². The maximum atomic E-state index is 9.57. The van der Waals surface area contributed by atoms with Crippen molar-refractivity contribution in [1.82, 2.24) is 4.98 Å². The summed E-state index contributed by atoms with van der Waals surface area (Å²) in [5.41, 5.74) is 1.94. The van der Waals surface area contributed by atoms with Gasteiger partial charge in [-0.25, -0.2) is 0 Å². The van der Waals surface area contributed by atoms with Gasteiger partial charge in [-0.1, -0.05) is 23.7 Å². The van der Waals surface area contributed by atoms with Gasteiger partial charge in [-0.3, -0.25) is 4.98 Å². The van der Waals surface area contributed by atoms with Crippen LogP contribution >= 0.6 is 11.6 Å². The Bertz CT molecular complexity index is 606. The summed E-state index contributed by atoms with van der Waals surface area (Å²) in [6.45, 7) is 2.12. The number of phenolic OH excluding ortho intramolecular Hbond substituents is 1. The number of aromatic hydroxyl groups is 1. The highest BCUT2D eigenvalue weighted by Crippen LogP contribution is 2.30. The Morgan fingerprint density at radius 2 is 2.25 bits per heavy atom. The van der Waals surface area contributed by atoms with Gasteiger partial charge in [-0.05, 0) is 23.8 Å². The van der Waals surface area contributed by atoms with Crippen LogP contribution in [0.2, 0.25) is 5.02 Å². The summed E-state index contributed by atoms with van der Waals surface area (Å²) < 4.78 is 5.80. The predicted octanol–water partition coefficient (Wildman–Crippen LogP) is 3.02. The lowest BCUT2D eigenvalue weighted by Gasteiger charge is -2.35. The van der Waals surface area contributed by atoms with Crippen LogP contribution in [0.3, 0.4) is 0 Å². The van der Waals surface area contributed by atoms with E-state index in [0.29, 0.717) is 18.2 Å². The van der Waals surface area contributed by atoms with Gasteiger partial charge >= 0.3 is 0 Å². The van der Waals surface area contributed by atoms with E-state index in [1.54, 1.807) is 24.5 Å². The summed E-state index contributed by atoms with van der Waals surface area (Å²) in [4.78, 5) is 6.19. The first-order chi connectivity index (χ1) is 9.74. The van der Waals surface area contributed by atoms with E-state index in [2.05, 4.69) is 9.88 Å². The third-order valence-electron chi connectivity index (χ3n) is 3.40. The van der Waals surface area contributed by atoms with E-state index < -0.39 is 0 Å². The minimum atomic E-state index is -0.0694. The first-order valence-electron chi connectivity index (χ1n) is 6.49. The molecule has 0 amide bonds. The van der Waals surface area contributed by atoms with Gasteiger partial charge in [0, 0.05) is 25.5 Å². The maximum absolute atomic E-state index is 9.57. The quantitative estimate of drug-likeness (QED) is 0.923. The average molecular weight is 291 g/mol. The fourth-order valence-electron chi connectivity index (χ4n) is 2.42. The highest BCUT2D eigenvalue weighted by atomic mass is 35.5. The van der Waals surface area contributed by atoms with Crippen LogP contribution in [0.25, 0.3) is 0 Å². The Kier molecular flexibility index (Phi) is 3.76. The van der Waals surface area contributed by atoms with E-state index in [9.17, 15) is 5.11 Å². The first-order valence-corrected chi connectivity index (χ1v) is 6.87. The minimum Gasteiger partial charge on any atom is -0.508 e. The zero-order valence-electron chi connectivity index (χ0n) is 10.9. The van der Waals surface area contributed by atoms with Crippen molar-refractivity contribution in [1.29, 1.82) is 0 Å². The summed E-state index contributed by atoms with van der Waals surface area (Å²) in [7, 11) is 0. The SMILES string of the molecule is Oc1cccc(C2CN(c3ccncc3Cl)CCO2)c1. The lowest BCUT2D eigenvalue weighted by molar-refractivity contribution is 0.0397. The number of morpholine rings is 1. The van der Waals surface area contributed by atoms with E-state index in [1.165, 1.54) is 0 Å². The number of hydrogen-bond acceptors (Lipinski definition) is 4. The van der Waals surface area contributed by atoms with Gasteiger partial charge in [0.2, 0.25) is 0 Å². The molecule has 5 heteroatoms. The van der Waals surface area contributed by atoms with E-state index in [0.717, 1.165) is 17.8 Å². The Morgan fingerprint density at radius 3 is 3.05 bits per heavy atom. The van der Waals surface area contributed by atoms with Crippen molar-refractivity contribution in [2.75, 3.05) is 24.6 Å². The van der Waals surface area contributed by atoms with Gasteiger partial charge in [0.15, 0.2) is 0 Å². The Balaban J connectivity index is 1.82. The third kappa shape index (κ3) is 2.71. The smallest absolute Gasteiger partial charge is 0.115 e. The highest BCUT2D eigenvalue weighted by molar-refractivity contribution is 6.33. The number of anilines is 1. The fourth-order valence-corrected chi connectivity index (χ4v) is 2.66. The molecular formula is C15H15ClN2O2. The molecule has 1 aliphatic heterocycles. The van der Waals surface area contributed by atoms with Gasteiger partial charge in [0.05, 0.1) is 17.3 Å². The number of phenols is 1. The summed E-state index contributed by atoms with van der Waals surface area (Å²) >= 11 is 6.19. The van der Waals surface area contributed by atoms with Crippen LogP contribution in [0.4, 0.5) is 5.69 Å². The largest absolute Gasteiger partial charge is 0.508 e. The lowest BCUT2D eigenvalue weighted by atomic mass is 10.1. The molecule has 0 saturated carbocycles. The molecule has 1 unspecified atom stereocenters. The van der Waals surface area contributed by atoms with Crippen LogP contribution in [-0.4, -0.2) is 29.8 Å². The van der Waals surface area contributed by atoms with Crippen molar-refractivity contribution in [2.24, 2.45) is 0 Å². The van der Waals surface area contributed by atoms with E-state index in [-0.39, 0.29) is 11.9 Å². The fraction of sp³-hybridized carbons (Fsp3) is 0.267. The van der Waals surface area contributed by atoms with Gasteiger partial charge < -0.3 is 14.7 Å². The van der Waals surface area contributed by atoms with Crippen molar-refractivity contribution in [3.05, 3.63) is 53.3 Å². The molecule has 1 N–H and O–H groups in total. The number of pyridine rings is 1. The summed E-state index contributed by atoms with van der Waals surface area (Å²) in [5.74, 6) is 0.255. The molecule has 0 radical (unpaired) electrons. The Morgan fingerprint density at radius 1 is 1.35 bits per heavy atom. The van der Waals surface area contributed by atoms with Crippen LogP contribution in [0.5, 0.6) is 5.75 Å². The highest BCUT2D eigenvalue weighted by Gasteiger charge is 2.23. The van der Waals surface area contributed by atoms with Crippen LogP contribution in [0.1, 0.15) is 11.7 Å². The summed E-state index contributed by atoms with van der Waals surface area (Å²) in [5, 5.41) is 10.2. The van der Waals surface area contributed by atoms with Crippen molar-refractivity contribution < 1.29 is 9.84 Å². The second-order valence-electron chi connectivity index (χ2n) is 4.73. The number of nitrogens with zero attached hydrogens (tertiary/aromatic N) is 2. The van der Waals surface area contributed by atoms with Crippen LogP contribution < -0.4 is 4.90 Å². The maximum Gasteiger partial charge on any atom is 0.115 e. The van der Waals surface area contributed by atoms with Gasteiger partial charge in [0.1, 0.15) is 11.9 Å². The van der Waals surface area contributed by atoms with Gasteiger partial charge in [0.25, 0.3) is 0 Å². The van der Waals surface area contributed by atoms with Crippen molar-refractivity contribution in [2.45, 2.75) is 6.10 Å². The van der Waals surface area contributed by atoms with Crippen molar-refractivity contribution in [3.63, 3.8) is 0 Å². The van der Waals surface area contributed by atoms with E-state index in [4.69, 9.17) is 16.3 Å². The minimum absolute atomic E-state index is 0.0694. The Hall–Kier alpha value is -1.78. The van der Waals surface area contributed by atoms with E-state index in [1.807, 2.05) is 18.2 Å². The number of aromatic nitrogens is 1. The second-order valence-corrected chi connectivity index (χ2v) is 5.13. The lowest BCUT2D eigenvalue weighted by Crippen LogP contribution is -2.38. The molecule has 104 valence electrons. The molecule has 0 spiro atoms. The predicted molar refractivity (Wildman–Crippen MR) is 78.3 cm³/mol. The molecular weight excluding hydrogens is 276 g/mol. The third-order valence-corrected chi connectivity index (χ3v) is 3.69. The molecule has 2 heterocycles. The molecule has 1 aliphatic rings. The van der Waals surface area contributed by atoms with Crippen LogP contribution in [0.15, 0.2) is 42.7 Å². The number of ether oxygens (including phenoxy) is 1. The summed E-state index contributed by atoms with van der Waals surface area (Å²) in [6.07, 6.45) is 3.32. The zero-order valence-corrected chi connectivity index (χ0v) is 11.6. The molecule has 1 aromatic carbocycles. The standard InChI is InChI=1S/C15H15ClN2O2/c16-13-9-17-5-4-14(13)18-6-7-20-15(10-18)11-2-1-3-12(19)8-11/h1-5,8-9,15,19H,6-7,10H2. The average Bonchev–Trinajstić information content (AvgIpc) is 2.48. The molecule has 0 bridgehead atoms. The molecule has 1 fully saturated rings. The van der Waals surface area contributed by atoms with Crippen molar-refractivity contribution >= 4 is 17.3 Å². The number of hydrogen-bond donors (Lipinski definition) is 1. The molecule has 1 atom stereocenters. The topological polar surface area (TPSA) is 45.6 Å².